The number of aromatic nitrogens is 9. The summed E-state index contributed by atoms with van der Waals surface area (Å²) in [4.78, 5) is 43.9. The van der Waals surface area contributed by atoms with E-state index in [-0.39, 0.29) is 16.2 Å². The van der Waals surface area contributed by atoms with E-state index in [1.807, 2.05) is 128 Å². The van der Waals surface area contributed by atoms with Crippen molar-refractivity contribution in [1.82, 2.24) is 44.9 Å². The summed E-state index contributed by atoms with van der Waals surface area (Å²) in [6, 6.07) is 161. The normalized spacial score (nSPS) is 12.9. The monoisotopic (exact) mass is 1830 g/mol. The quantitative estimate of drug-likeness (QED) is 0.0989. The third-order valence-corrected chi connectivity index (χ3v) is 28.9. The van der Waals surface area contributed by atoms with Crippen molar-refractivity contribution in [3.63, 3.8) is 0 Å². The van der Waals surface area contributed by atoms with E-state index < -0.39 is 0 Å². The lowest BCUT2D eigenvalue weighted by Gasteiger charge is -2.23. The van der Waals surface area contributed by atoms with Gasteiger partial charge in [0.25, 0.3) is 0 Å². The molecule has 9 nitrogen and oxygen atoms in total. The highest BCUT2D eigenvalue weighted by Gasteiger charge is 2.40. The molecule has 0 N–H and O–H groups in total. The molecule has 0 amide bonds. The molecule has 0 spiro atoms. The van der Waals surface area contributed by atoms with Gasteiger partial charge in [-0.05, 0) is 224 Å². The predicted molar refractivity (Wildman–Crippen MR) is 589 cm³/mol. The fourth-order valence-corrected chi connectivity index (χ4v) is 21.4. The fourth-order valence-electron chi connectivity index (χ4n) is 21.4. The number of hydrogen-bond acceptors (Lipinski definition) is 9. The molecular weight excluding hydrogens is 1740 g/mol. The van der Waals surface area contributed by atoms with Crippen molar-refractivity contribution in [2.45, 2.75) is 57.8 Å². The van der Waals surface area contributed by atoms with Gasteiger partial charge in [-0.2, -0.15) is 0 Å². The first-order chi connectivity index (χ1) is 70.1. The second-order valence-electron chi connectivity index (χ2n) is 38.8. The Hall–Kier alpha value is -18.1. The van der Waals surface area contributed by atoms with Crippen LogP contribution in [0, 0.1) is 0 Å². The highest BCUT2D eigenvalue weighted by Crippen LogP contribution is 2.56. The van der Waals surface area contributed by atoms with E-state index in [9.17, 15) is 0 Å². The van der Waals surface area contributed by atoms with E-state index in [0.29, 0.717) is 17.5 Å². The van der Waals surface area contributed by atoms with Crippen LogP contribution in [0.3, 0.4) is 0 Å². The molecule has 678 valence electrons. The maximum atomic E-state index is 5.12. The van der Waals surface area contributed by atoms with Gasteiger partial charge in [0.15, 0.2) is 17.5 Å². The van der Waals surface area contributed by atoms with E-state index in [0.717, 1.165) is 123 Å². The van der Waals surface area contributed by atoms with Crippen LogP contribution >= 0.6 is 0 Å². The van der Waals surface area contributed by atoms with E-state index in [1.165, 1.54) is 116 Å². The van der Waals surface area contributed by atoms with E-state index in [2.05, 4.69) is 403 Å². The van der Waals surface area contributed by atoms with Crippen molar-refractivity contribution in [2.24, 2.45) is 0 Å². The molecule has 9 heteroatoms. The van der Waals surface area contributed by atoms with Crippen molar-refractivity contribution in [2.75, 3.05) is 0 Å². The summed E-state index contributed by atoms with van der Waals surface area (Å²) in [5.41, 5.74) is 43.9. The molecule has 17 aromatic carbocycles. The highest BCUT2D eigenvalue weighted by molar-refractivity contribution is 6.04. The molecule has 0 bridgehead atoms. The third kappa shape index (κ3) is 16.7. The second-order valence-corrected chi connectivity index (χ2v) is 38.8. The van der Waals surface area contributed by atoms with Crippen LogP contribution in [-0.4, -0.2) is 44.9 Å². The number of benzene rings is 17. The number of nitrogens with zero attached hydrogens (tertiary/aromatic N) is 9. The lowest BCUT2D eigenvalue weighted by Crippen LogP contribution is -2.15. The Bertz CT molecular complexity index is 8790. The van der Waals surface area contributed by atoms with Crippen LogP contribution in [0.4, 0.5) is 0 Å². The second kappa shape index (κ2) is 36.7. The molecule has 0 fully saturated rings. The Labute approximate surface area is 833 Å². The van der Waals surface area contributed by atoms with Crippen LogP contribution in [0.25, 0.3) is 224 Å². The van der Waals surface area contributed by atoms with Crippen LogP contribution in [0.15, 0.2) is 480 Å². The Kier molecular flexibility index (Phi) is 22.5. The average Bonchev–Trinajstić information content (AvgIpc) is 1.57. The van der Waals surface area contributed by atoms with E-state index in [4.69, 9.17) is 34.9 Å². The third-order valence-electron chi connectivity index (χ3n) is 28.9. The fraction of sp³-hybridized carbons (Fsp3) is 0.0672. The van der Waals surface area contributed by atoms with Crippen LogP contribution in [0.5, 0.6) is 0 Å². The number of rotatable bonds is 15. The van der Waals surface area contributed by atoms with Gasteiger partial charge in [-0.3, -0.25) is 15.0 Å². The molecule has 6 aromatic heterocycles. The summed E-state index contributed by atoms with van der Waals surface area (Å²) in [6.07, 6.45) is 7.38. The Morgan fingerprint density at radius 1 is 0.168 bits per heavy atom. The zero-order chi connectivity index (χ0) is 96.3. The zero-order valence-electron chi connectivity index (χ0n) is 80.1. The molecule has 0 saturated heterocycles. The number of fused-ring (bicyclic) bond motifs is 13. The van der Waals surface area contributed by atoms with E-state index >= 15 is 0 Å². The van der Waals surface area contributed by atoms with Gasteiger partial charge in [0.1, 0.15) is 0 Å². The van der Waals surface area contributed by atoms with Gasteiger partial charge in [0.05, 0.1) is 45.6 Å². The Morgan fingerprint density at radius 3 is 1.05 bits per heavy atom. The maximum Gasteiger partial charge on any atom is 0.160 e. The molecule has 0 aliphatic heterocycles. The van der Waals surface area contributed by atoms with Gasteiger partial charge in [-0.25, -0.2) is 29.9 Å². The smallest absolute Gasteiger partial charge is 0.160 e. The zero-order valence-corrected chi connectivity index (χ0v) is 80.1. The Morgan fingerprint density at radius 2 is 0.517 bits per heavy atom. The van der Waals surface area contributed by atoms with Crippen LogP contribution in [0.1, 0.15) is 74.9 Å². The molecular formula is C134H97N9. The molecule has 26 rings (SSSR count). The lowest BCUT2D eigenvalue weighted by molar-refractivity contribution is 0.660. The minimum atomic E-state index is -0.116. The van der Waals surface area contributed by atoms with Gasteiger partial charge >= 0.3 is 0 Å². The summed E-state index contributed by atoms with van der Waals surface area (Å²) in [7, 11) is 0. The van der Waals surface area contributed by atoms with Crippen molar-refractivity contribution < 1.29 is 0 Å². The molecule has 3 aliphatic rings. The summed E-state index contributed by atoms with van der Waals surface area (Å²) < 4.78 is 0. The standard InChI is InChI=1S/2C46H33N3.C42H31N3/c1-46(2)40-27-34(21-23-38(40)39-24-20-30-12-9-10-19-37(30)44(39)46)33-17-11-18-35(26-33)42-28-43(49-45(48-42)32-15-7-4-8-16-32)36-22-25-41(47-29-36)31-13-5-3-6-14-31;1-46(2)40-22-20-32-9-6-7-14-38(32)44(40)39-21-19-36(28-41(39)46)35-12-8-13-37(27-35)43-29-42(48-45(49-43)34-10-4-3-5-11-34)33-17-15-30(16-18-33)31-23-25-47-26-24-31;1-42(2)36-16-7-6-15-34(36)35-26-32(22-23-37(35)42)31-13-10-14-33(25-31)40-27-39(44-41(45-40)30-11-4-3-5-12-30)29-20-18-28(19-21-29)38-17-8-9-24-43-38/h2*3-29H,1-2H3;3-27H,1-2H3. The van der Waals surface area contributed by atoms with E-state index in [1.54, 1.807) is 0 Å². The summed E-state index contributed by atoms with van der Waals surface area (Å²) in [5, 5.41) is 5.23. The summed E-state index contributed by atoms with van der Waals surface area (Å²) in [5.74, 6) is 2.11. The van der Waals surface area contributed by atoms with Crippen molar-refractivity contribution >= 4 is 21.5 Å². The van der Waals surface area contributed by atoms with Crippen LogP contribution in [-0.2, 0) is 16.2 Å². The van der Waals surface area contributed by atoms with Gasteiger partial charge in [0, 0.05) is 102 Å². The number of hydrogen-bond donors (Lipinski definition) is 0. The molecule has 143 heavy (non-hydrogen) atoms. The average molecular weight is 1830 g/mol. The van der Waals surface area contributed by atoms with Crippen LogP contribution in [0.2, 0.25) is 0 Å². The molecule has 3 aliphatic carbocycles. The molecule has 23 aromatic rings. The minimum Gasteiger partial charge on any atom is -0.265 e. The SMILES string of the molecule is CC1(C)c2cc(-c3cccc(-c4cc(-c5ccc(-c6ccccc6)nc5)nc(-c5ccccc5)n4)c3)ccc2-c2ccc3ccccc3c21.CC1(C)c2cc(-c3cccc(-c4cc(-c5ccc(-c6ccncc6)cc5)nc(-c5ccccc5)n4)c3)ccc2-c2c1ccc1ccccc21.CC1(C)c2ccccc2-c2cc(-c3cccc(-c4cc(-c5ccc(-c6ccccn6)cc5)nc(-c5ccccc5)n4)c3)ccc21. The first-order valence-corrected chi connectivity index (χ1v) is 48.9. The van der Waals surface area contributed by atoms with Gasteiger partial charge in [-0.1, -0.05) is 406 Å². The topological polar surface area (TPSA) is 116 Å². The maximum absolute atomic E-state index is 5.12. The van der Waals surface area contributed by atoms with Crippen LogP contribution < -0.4 is 0 Å². The van der Waals surface area contributed by atoms with Crippen molar-refractivity contribution in [3.8, 4) is 202 Å². The van der Waals surface area contributed by atoms with Gasteiger partial charge < -0.3 is 0 Å². The molecule has 0 saturated carbocycles. The molecule has 6 heterocycles. The summed E-state index contributed by atoms with van der Waals surface area (Å²) in [6.45, 7) is 14.1. The highest BCUT2D eigenvalue weighted by atomic mass is 14.9. The predicted octanol–water partition coefficient (Wildman–Crippen LogP) is 33.8. The minimum absolute atomic E-state index is 0.00663. The molecule has 0 unspecified atom stereocenters. The van der Waals surface area contributed by atoms with Gasteiger partial charge in [0.2, 0.25) is 0 Å². The van der Waals surface area contributed by atoms with Crippen molar-refractivity contribution in [1.29, 1.82) is 0 Å². The largest absolute Gasteiger partial charge is 0.265 e. The molecule has 0 atom stereocenters. The first-order valence-electron chi connectivity index (χ1n) is 48.9. The first kappa shape index (κ1) is 87.7. The lowest BCUT2D eigenvalue weighted by atomic mass is 9.79. The van der Waals surface area contributed by atoms with Crippen molar-refractivity contribution in [3.05, 3.63) is 513 Å². The summed E-state index contributed by atoms with van der Waals surface area (Å²) >= 11 is 0. The Balaban J connectivity index is 0.000000116. The molecule has 0 radical (unpaired) electrons. The number of pyridine rings is 3. The van der Waals surface area contributed by atoms with Gasteiger partial charge in [-0.15, -0.1) is 0 Å².